The molecule has 18 heavy (non-hydrogen) atoms. The summed E-state index contributed by atoms with van der Waals surface area (Å²) < 4.78 is 6.39. The van der Waals surface area contributed by atoms with Crippen LogP contribution in [0.1, 0.15) is 13.8 Å². The van der Waals surface area contributed by atoms with Crippen molar-refractivity contribution >= 4 is 17.1 Å². The molecule has 0 saturated carbocycles. The molecular formula is C14H16NO3+. The van der Waals surface area contributed by atoms with E-state index in [1.807, 2.05) is 50.2 Å². The summed E-state index contributed by atoms with van der Waals surface area (Å²) in [5.74, 6) is 0.287. The molecule has 0 fully saturated rings. The Bertz CT molecular complexity index is 546. The highest BCUT2D eigenvalue weighted by atomic mass is 16.8. The average Bonchev–Trinajstić information content (AvgIpc) is 2.37. The van der Waals surface area contributed by atoms with Crippen LogP contribution in [-0.2, 0) is 4.74 Å². The van der Waals surface area contributed by atoms with Gasteiger partial charge in [-0.3, -0.25) is 0 Å². The lowest BCUT2D eigenvalue weighted by Crippen LogP contribution is -2.46. The number of carbonyl (C=O) groups is 1. The van der Waals surface area contributed by atoms with Crippen LogP contribution in [0, 0.1) is 5.92 Å². The fraction of sp³-hybridized carbons (Fsp3) is 0.286. The van der Waals surface area contributed by atoms with E-state index in [-0.39, 0.29) is 5.92 Å². The molecule has 4 nitrogen and oxygen atoms in total. The van der Waals surface area contributed by atoms with Gasteiger partial charge in [0.25, 0.3) is 5.52 Å². The summed E-state index contributed by atoms with van der Waals surface area (Å²) in [7, 11) is 0. The quantitative estimate of drug-likeness (QED) is 0.616. The molecule has 0 atom stereocenters. The standard InChI is InChI=1S/C14H16NO3/c1-11(2)10-17-14(16)18-15-9-5-7-12-6-3-4-8-13(12)15/h3-9,11H,10H2,1-2H3/q+1. The molecule has 1 heterocycles. The van der Waals surface area contributed by atoms with E-state index in [0.29, 0.717) is 6.61 Å². The third-order valence-electron chi connectivity index (χ3n) is 2.38. The fourth-order valence-corrected chi connectivity index (χ4v) is 1.56. The Hall–Kier alpha value is -2.10. The van der Waals surface area contributed by atoms with E-state index >= 15 is 0 Å². The third kappa shape index (κ3) is 2.97. The monoisotopic (exact) mass is 246 g/mol. The first kappa shape index (κ1) is 12.4. The van der Waals surface area contributed by atoms with E-state index < -0.39 is 6.16 Å². The SMILES string of the molecule is CC(C)COC(=O)O[n+]1cccc2ccccc21. The summed E-state index contributed by atoms with van der Waals surface area (Å²) in [5.41, 5.74) is 0.821. The molecular weight excluding hydrogens is 230 g/mol. The number of nitrogens with zero attached hydrogens (tertiary/aromatic N) is 1. The first-order valence-electron chi connectivity index (χ1n) is 5.91. The van der Waals surface area contributed by atoms with Crippen LogP contribution in [0.15, 0.2) is 42.6 Å². The van der Waals surface area contributed by atoms with Crippen LogP contribution in [-0.4, -0.2) is 12.8 Å². The Kier molecular flexibility index (Phi) is 3.77. The van der Waals surface area contributed by atoms with Crippen LogP contribution in [0.4, 0.5) is 4.79 Å². The van der Waals surface area contributed by atoms with Gasteiger partial charge in [0.15, 0.2) is 0 Å². The van der Waals surface area contributed by atoms with Crippen molar-refractivity contribution in [2.24, 2.45) is 5.92 Å². The number of carbonyl (C=O) groups excluding carboxylic acids is 1. The van der Waals surface area contributed by atoms with Gasteiger partial charge in [0.2, 0.25) is 6.20 Å². The van der Waals surface area contributed by atoms with Crippen molar-refractivity contribution in [3.8, 4) is 0 Å². The summed E-state index contributed by atoms with van der Waals surface area (Å²) in [6.45, 7) is 4.29. The molecule has 0 unspecified atom stereocenters. The van der Waals surface area contributed by atoms with E-state index in [1.54, 1.807) is 6.20 Å². The molecule has 0 N–H and O–H groups in total. The molecule has 1 aromatic heterocycles. The van der Waals surface area contributed by atoms with Crippen LogP contribution in [0.3, 0.4) is 0 Å². The number of rotatable bonds is 3. The van der Waals surface area contributed by atoms with Crippen LogP contribution < -0.4 is 9.57 Å². The van der Waals surface area contributed by atoms with Crippen LogP contribution in [0.25, 0.3) is 10.9 Å². The second-order valence-corrected chi connectivity index (χ2v) is 4.44. The smallest absolute Gasteiger partial charge is 0.430 e. The fourth-order valence-electron chi connectivity index (χ4n) is 1.56. The molecule has 0 aliphatic heterocycles. The number of hydrogen-bond acceptors (Lipinski definition) is 3. The van der Waals surface area contributed by atoms with Crippen LogP contribution in [0.5, 0.6) is 0 Å². The normalized spacial score (nSPS) is 10.6. The lowest BCUT2D eigenvalue weighted by atomic mass is 10.2. The second-order valence-electron chi connectivity index (χ2n) is 4.44. The minimum Gasteiger partial charge on any atom is -0.430 e. The van der Waals surface area contributed by atoms with Gasteiger partial charge in [0, 0.05) is 16.9 Å². The minimum absolute atomic E-state index is 0.287. The van der Waals surface area contributed by atoms with Gasteiger partial charge >= 0.3 is 6.16 Å². The van der Waals surface area contributed by atoms with Crippen molar-refractivity contribution in [1.29, 1.82) is 0 Å². The zero-order chi connectivity index (χ0) is 13.0. The number of aromatic nitrogens is 1. The van der Waals surface area contributed by atoms with Crippen molar-refractivity contribution in [2.45, 2.75) is 13.8 Å². The molecule has 2 aromatic rings. The Labute approximate surface area is 106 Å². The highest BCUT2D eigenvalue weighted by Gasteiger charge is 2.16. The molecule has 0 radical (unpaired) electrons. The van der Waals surface area contributed by atoms with Crippen molar-refractivity contribution in [1.82, 2.24) is 0 Å². The maximum atomic E-state index is 11.5. The van der Waals surface area contributed by atoms with Gasteiger partial charge in [-0.2, -0.15) is 4.79 Å². The predicted molar refractivity (Wildman–Crippen MR) is 66.9 cm³/mol. The molecule has 0 saturated heterocycles. The number of hydrogen-bond donors (Lipinski definition) is 0. The van der Waals surface area contributed by atoms with E-state index in [4.69, 9.17) is 9.57 Å². The maximum absolute atomic E-state index is 11.5. The van der Waals surface area contributed by atoms with E-state index in [9.17, 15) is 4.79 Å². The molecule has 0 spiro atoms. The number of fused-ring (bicyclic) bond motifs is 1. The topological polar surface area (TPSA) is 39.4 Å². The van der Waals surface area contributed by atoms with E-state index in [1.165, 1.54) is 4.73 Å². The zero-order valence-corrected chi connectivity index (χ0v) is 10.5. The Morgan fingerprint density at radius 2 is 1.94 bits per heavy atom. The summed E-state index contributed by atoms with van der Waals surface area (Å²) >= 11 is 0. The number of benzene rings is 1. The Morgan fingerprint density at radius 1 is 1.22 bits per heavy atom. The van der Waals surface area contributed by atoms with Crippen molar-refractivity contribution in [3.63, 3.8) is 0 Å². The van der Waals surface area contributed by atoms with Gasteiger partial charge in [-0.05, 0) is 18.1 Å². The Morgan fingerprint density at radius 3 is 2.72 bits per heavy atom. The summed E-state index contributed by atoms with van der Waals surface area (Å²) in [4.78, 5) is 16.6. The molecule has 0 amide bonds. The maximum Gasteiger partial charge on any atom is 0.572 e. The van der Waals surface area contributed by atoms with Gasteiger partial charge in [-0.1, -0.05) is 26.0 Å². The number of para-hydroxylation sites is 1. The summed E-state index contributed by atoms with van der Waals surface area (Å²) in [6, 6.07) is 11.4. The predicted octanol–water partition coefficient (Wildman–Crippen LogP) is 2.35. The van der Waals surface area contributed by atoms with Crippen molar-refractivity contribution < 1.29 is 19.1 Å². The molecule has 0 aliphatic rings. The third-order valence-corrected chi connectivity index (χ3v) is 2.38. The second kappa shape index (κ2) is 5.49. The van der Waals surface area contributed by atoms with Crippen LogP contribution >= 0.6 is 0 Å². The summed E-state index contributed by atoms with van der Waals surface area (Å²) in [6.07, 6.45) is 0.990. The van der Waals surface area contributed by atoms with Gasteiger partial charge in [0.05, 0.1) is 12.0 Å². The first-order valence-corrected chi connectivity index (χ1v) is 5.91. The van der Waals surface area contributed by atoms with Gasteiger partial charge < -0.3 is 4.74 Å². The van der Waals surface area contributed by atoms with Crippen LogP contribution in [0.2, 0.25) is 0 Å². The van der Waals surface area contributed by atoms with Crippen molar-refractivity contribution in [2.75, 3.05) is 6.61 Å². The Balaban J connectivity index is 2.14. The molecule has 0 bridgehead atoms. The minimum atomic E-state index is -0.690. The molecule has 94 valence electrons. The highest BCUT2D eigenvalue weighted by molar-refractivity contribution is 5.75. The van der Waals surface area contributed by atoms with E-state index in [0.717, 1.165) is 10.9 Å². The van der Waals surface area contributed by atoms with E-state index in [2.05, 4.69) is 0 Å². The van der Waals surface area contributed by atoms with Gasteiger partial charge in [-0.25, -0.2) is 0 Å². The molecule has 1 aromatic carbocycles. The number of pyridine rings is 1. The summed E-state index contributed by atoms with van der Waals surface area (Å²) in [5, 5.41) is 0.997. The first-order chi connectivity index (χ1) is 8.66. The number of ether oxygens (including phenoxy) is 1. The molecule has 0 aliphatic carbocycles. The largest absolute Gasteiger partial charge is 0.572 e. The zero-order valence-electron chi connectivity index (χ0n) is 10.5. The lowest BCUT2D eigenvalue weighted by molar-refractivity contribution is -0.849. The highest BCUT2D eigenvalue weighted by Crippen LogP contribution is 2.07. The average molecular weight is 246 g/mol. The van der Waals surface area contributed by atoms with Gasteiger partial charge in [0.1, 0.15) is 0 Å². The van der Waals surface area contributed by atoms with Crippen molar-refractivity contribution in [3.05, 3.63) is 42.6 Å². The molecule has 2 rings (SSSR count). The molecule has 4 heteroatoms. The lowest BCUT2D eigenvalue weighted by Gasteiger charge is -2.04. The van der Waals surface area contributed by atoms with Gasteiger partial charge in [-0.15, -0.1) is 4.84 Å².